The van der Waals surface area contributed by atoms with E-state index in [9.17, 15) is 43.2 Å². The molecule has 5 atom stereocenters. The van der Waals surface area contributed by atoms with Crippen LogP contribution in [-0.4, -0.2) is 96.7 Å². The summed E-state index contributed by atoms with van der Waals surface area (Å²) in [7, 11) is -10.00. The van der Waals surface area contributed by atoms with Gasteiger partial charge in [-0.2, -0.15) is 0 Å². The van der Waals surface area contributed by atoms with Crippen molar-refractivity contribution in [2.75, 3.05) is 39.6 Å². The van der Waals surface area contributed by atoms with E-state index >= 15 is 0 Å². The molecule has 19 heteroatoms. The van der Waals surface area contributed by atoms with Crippen molar-refractivity contribution in [3.8, 4) is 0 Å². The quantitative estimate of drug-likeness (QED) is 0.0169. The van der Waals surface area contributed by atoms with Crippen molar-refractivity contribution >= 4 is 39.5 Å². The van der Waals surface area contributed by atoms with Crippen LogP contribution >= 0.6 is 15.6 Å². The lowest BCUT2D eigenvalue weighted by Crippen LogP contribution is -2.30. The molecule has 104 heavy (non-hydrogen) atoms. The zero-order valence-corrected chi connectivity index (χ0v) is 66.7. The van der Waals surface area contributed by atoms with E-state index in [2.05, 4.69) is 149 Å². The van der Waals surface area contributed by atoms with Gasteiger partial charge in [-0.1, -0.05) is 302 Å². The predicted molar refractivity (Wildman–Crippen MR) is 427 cm³/mol. The van der Waals surface area contributed by atoms with Gasteiger partial charge in [-0.15, -0.1) is 0 Å². The van der Waals surface area contributed by atoms with Gasteiger partial charge in [0, 0.05) is 19.3 Å². The van der Waals surface area contributed by atoms with Gasteiger partial charge < -0.3 is 33.8 Å². The molecule has 0 saturated carbocycles. The maximum Gasteiger partial charge on any atom is 0.472 e. The lowest BCUT2D eigenvalue weighted by atomic mass is 10.1. The molecule has 0 bridgehead atoms. The number of carbonyl (C=O) groups excluding carboxylic acids is 4. The molecule has 594 valence electrons. The Hall–Kier alpha value is -5.06. The molecule has 0 rings (SSSR count). The molecule has 0 amide bonds. The Morgan fingerprint density at radius 2 is 0.538 bits per heavy atom. The summed E-state index contributed by atoms with van der Waals surface area (Å²) in [5.74, 6) is -2.35. The Morgan fingerprint density at radius 1 is 0.288 bits per heavy atom. The van der Waals surface area contributed by atoms with Crippen LogP contribution in [0.4, 0.5) is 0 Å². The van der Waals surface area contributed by atoms with Gasteiger partial charge in [0.1, 0.15) is 19.3 Å². The Bertz CT molecular complexity index is 2540. The van der Waals surface area contributed by atoms with Crippen molar-refractivity contribution in [1.82, 2.24) is 0 Å². The number of carbonyl (C=O) groups is 4. The fourth-order valence-corrected chi connectivity index (χ4v) is 11.9. The van der Waals surface area contributed by atoms with Crippen LogP contribution in [0.1, 0.15) is 310 Å². The van der Waals surface area contributed by atoms with Crippen LogP contribution < -0.4 is 0 Å². The number of phosphoric acid groups is 2. The lowest BCUT2D eigenvalue weighted by molar-refractivity contribution is -0.161. The fourth-order valence-electron chi connectivity index (χ4n) is 10.3. The fraction of sp³-hybridized carbons (Fsp3) is 0.671. The number of hydrogen-bond donors (Lipinski definition) is 3. The standard InChI is InChI=1S/C85H142O17P2/c1-5-9-13-17-21-25-29-32-35-37-39-41-44-46-50-53-57-61-65-69-82(87)95-75-80(101-84(89)71-67-63-59-55-49-28-24-20-16-12-8-4)77-99-103(91,92)97-73-79(86)74-98-104(93,94)100-78-81(102-85(90)72-68-64-60-56-52-48-43-34-31-27-23-19-15-11-7-3)76-96-83(88)70-66-62-58-54-51-47-45-42-40-38-36-33-30-26-22-18-14-10-6-2/h10-11,14-15,21-23,25-27,32-36,39-43,52,56,64,68,79-81,86H,5-9,12-13,16-20,24,28-31,37-38,44-51,53-55,57-63,65-67,69-78H2,1-4H3,(H,91,92)(H,93,94)/b14-10-,15-11-,25-21-,26-22-,27-23-,35-32-,36-33-,41-39-,42-40-,43-34-,56-52-,68-64-. The second-order valence-corrected chi connectivity index (χ2v) is 29.2. The van der Waals surface area contributed by atoms with Gasteiger partial charge in [-0.25, -0.2) is 9.13 Å². The first kappa shape index (κ1) is 98.9. The van der Waals surface area contributed by atoms with Crippen LogP contribution in [0, 0.1) is 0 Å². The monoisotopic (exact) mass is 1500 g/mol. The number of ether oxygens (including phenoxy) is 4. The minimum atomic E-state index is -5.01. The maximum absolute atomic E-state index is 13.1. The van der Waals surface area contributed by atoms with E-state index in [-0.39, 0.29) is 25.7 Å². The van der Waals surface area contributed by atoms with Crippen LogP contribution in [0.5, 0.6) is 0 Å². The predicted octanol–water partition coefficient (Wildman–Crippen LogP) is 23.4. The SMILES string of the molecule is CC/C=C\C/C=C\C/C=C\C/C=C\C/C=C\CC(=O)OC(COC(=O)CCCCCCCC/C=C\C/C=C\C/C=C\C/C=C\CC)COP(=O)(O)OCC(O)COP(=O)(O)OCC(COC(=O)CCCCCCCC/C=C\C/C=C\C/C=C\CCCCC)OC(=O)CCCCCCCCCCCCC. The summed E-state index contributed by atoms with van der Waals surface area (Å²) in [4.78, 5) is 72.9. The average Bonchev–Trinajstić information content (AvgIpc) is 0.924. The van der Waals surface area contributed by atoms with Gasteiger partial charge in [-0.3, -0.25) is 37.3 Å². The van der Waals surface area contributed by atoms with Crippen molar-refractivity contribution in [2.45, 2.75) is 329 Å². The molecule has 5 unspecified atom stereocenters. The minimum absolute atomic E-state index is 0.0886. The van der Waals surface area contributed by atoms with Crippen LogP contribution in [0.15, 0.2) is 146 Å². The summed E-state index contributed by atoms with van der Waals surface area (Å²) in [5.41, 5.74) is 0. The second kappa shape index (κ2) is 76.1. The van der Waals surface area contributed by atoms with Crippen molar-refractivity contribution < 1.29 is 80.2 Å². The second-order valence-electron chi connectivity index (χ2n) is 26.3. The van der Waals surface area contributed by atoms with E-state index in [0.29, 0.717) is 25.7 Å². The van der Waals surface area contributed by atoms with Crippen LogP contribution in [0.3, 0.4) is 0 Å². The van der Waals surface area contributed by atoms with E-state index in [1.54, 1.807) is 12.2 Å². The number of unbranched alkanes of at least 4 members (excludes halogenated alkanes) is 25. The normalized spacial score (nSPS) is 14.6. The first-order valence-corrected chi connectivity index (χ1v) is 43.1. The van der Waals surface area contributed by atoms with E-state index in [1.807, 2.05) is 12.2 Å². The number of hydrogen-bond acceptors (Lipinski definition) is 15. The molecule has 0 aliphatic carbocycles. The number of aliphatic hydroxyl groups is 1. The summed E-state index contributed by atoms with van der Waals surface area (Å²) < 4.78 is 68.4. The third-order valence-corrected chi connectivity index (χ3v) is 18.2. The lowest BCUT2D eigenvalue weighted by Gasteiger charge is -2.21. The van der Waals surface area contributed by atoms with Crippen LogP contribution in [0.2, 0.25) is 0 Å². The van der Waals surface area contributed by atoms with Crippen molar-refractivity contribution in [3.63, 3.8) is 0 Å². The zero-order chi connectivity index (χ0) is 76.0. The van der Waals surface area contributed by atoms with Gasteiger partial charge in [0.2, 0.25) is 0 Å². The van der Waals surface area contributed by atoms with E-state index in [4.69, 9.17) is 37.0 Å². The number of aliphatic hydroxyl groups excluding tert-OH is 1. The molecule has 0 aromatic rings. The molecule has 0 saturated heterocycles. The Kier molecular flexibility index (Phi) is 72.4. The molecule has 0 heterocycles. The molecular weight excluding hydrogens is 1350 g/mol. The smallest absolute Gasteiger partial charge is 0.462 e. The number of rotatable bonds is 74. The highest BCUT2D eigenvalue weighted by Gasteiger charge is 2.30. The first-order chi connectivity index (χ1) is 50.7. The van der Waals surface area contributed by atoms with E-state index in [0.717, 1.165) is 173 Å². The average molecular weight is 1500 g/mol. The van der Waals surface area contributed by atoms with Crippen molar-refractivity contribution in [2.24, 2.45) is 0 Å². The van der Waals surface area contributed by atoms with Crippen molar-refractivity contribution in [3.05, 3.63) is 146 Å². The van der Waals surface area contributed by atoms with Crippen molar-refractivity contribution in [1.29, 1.82) is 0 Å². The van der Waals surface area contributed by atoms with Crippen LogP contribution in [0.25, 0.3) is 0 Å². The molecule has 0 aliphatic rings. The van der Waals surface area contributed by atoms with Gasteiger partial charge >= 0.3 is 39.5 Å². The first-order valence-electron chi connectivity index (χ1n) is 40.1. The summed E-state index contributed by atoms with van der Waals surface area (Å²) in [6.45, 7) is 4.47. The number of allylic oxidation sites excluding steroid dienone is 23. The molecule has 0 radical (unpaired) electrons. The highest BCUT2D eigenvalue weighted by molar-refractivity contribution is 7.47. The summed E-state index contributed by atoms with van der Waals surface area (Å²) in [6, 6.07) is 0. The molecule has 0 aliphatic heterocycles. The van der Waals surface area contributed by atoms with Gasteiger partial charge in [0.15, 0.2) is 12.2 Å². The minimum Gasteiger partial charge on any atom is -0.462 e. The zero-order valence-electron chi connectivity index (χ0n) is 64.9. The largest absolute Gasteiger partial charge is 0.472 e. The molecular formula is C85H142O17P2. The summed E-state index contributed by atoms with van der Waals surface area (Å²) >= 11 is 0. The van der Waals surface area contributed by atoms with Gasteiger partial charge in [0.05, 0.1) is 32.8 Å². The maximum atomic E-state index is 13.1. The van der Waals surface area contributed by atoms with Crippen LogP contribution in [-0.2, 0) is 65.4 Å². The van der Waals surface area contributed by atoms with Gasteiger partial charge in [-0.05, 0) is 128 Å². The Balaban J connectivity index is 5.39. The highest BCUT2D eigenvalue weighted by atomic mass is 31.2. The molecule has 0 spiro atoms. The Labute approximate surface area is 630 Å². The molecule has 0 fully saturated rings. The highest BCUT2D eigenvalue weighted by Crippen LogP contribution is 2.45. The number of phosphoric ester groups is 2. The summed E-state index contributed by atoms with van der Waals surface area (Å²) in [5, 5.41) is 10.6. The molecule has 0 aromatic heterocycles. The topological polar surface area (TPSA) is 237 Å². The molecule has 0 aromatic carbocycles. The molecule has 3 N–H and O–H groups in total. The van der Waals surface area contributed by atoms with E-state index in [1.165, 1.54) is 57.8 Å². The Morgan fingerprint density at radius 3 is 0.875 bits per heavy atom. The third kappa shape index (κ3) is 75.2. The van der Waals surface area contributed by atoms with E-state index < -0.39 is 97.5 Å². The van der Waals surface area contributed by atoms with Gasteiger partial charge in [0.25, 0.3) is 0 Å². The summed E-state index contributed by atoms with van der Waals surface area (Å²) in [6.07, 6.45) is 87.2. The number of esters is 4. The third-order valence-electron chi connectivity index (χ3n) is 16.3. The molecule has 17 nitrogen and oxygen atoms in total.